The van der Waals surface area contributed by atoms with Crippen LogP contribution in [0.1, 0.15) is 75.8 Å². The molecule has 3 aromatic carbocycles. The zero-order chi connectivity index (χ0) is 35.1. The molecule has 0 saturated heterocycles. The Morgan fingerprint density at radius 2 is 1.69 bits per heavy atom. The molecular weight excluding hydrogens is 638 g/mol. The Balaban J connectivity index is 1.44. The van der Waals surface area contributed by atoms with Crippen molar-refractivity contribution in [2.24, 2.45) is 0 Å². The number of halogens is 4. The zero-order valence-corrected chi connectivity index (χ0v) is 27.5. The van der Waals surface area contributed by atoms with Gasteiger partial charge in [0, 0.05) is 47.8 Å². The molecule has 0 unspecified atom stereocenters. The number of benzene rings is 3. The van der Waals surface area contributed by atoms with Crippen molar-refractivity contribution in [1.29, 1.82) is 0 Å². The van der Waals surface area contributed by atoms with Crippen LogP contribution in [0.5, 0.6) is 0 Å². The average molecular weight is 674 g/mol. The van der Waals surface area contributed by atoms with Gasteiger partial charge in [-0.1, -0.05) is 19.4 Å². The Kier molecular flexibility index (Phi) is 9.15. The first kappa shape index (κ1) is 34.0. The lowest BCUT2D eigenvalue weighted by Crippen LogP contribution is -2.50. The van der Waals surface area contributed by atoms with E-state index in [0.29, 0.717) is 45.7 Å². The molecule has 0 radical (unpaired) electrons. The molecule has 7 nitrogen and oxygen atoms in total. The smallest absolute Gasteiger partial charge is 0.455 e. The minimum atomic E-state index is -4.79. The molecular formula is C38H35F4N3O4. The molecule has 1 saturated carbocycles. The molecule has 1 aliphatic rings. The maximum Gasteiger partial charge on any atom is 0.522 e. The minimum absolute atomic E-state index is 0.0451. The second-order valence-corrected chi connectivity index (χ2v) is 12.7. The summed E-state index contributed by atoms with van der Waals surface area (Å²) in [6, 6.07) is 14.9. The number of nitrogens with one attached hydrogen (secondary N) is 1. The number of nitrogens with zero attached hydrogens (tertiary/aromatic N) is 2. The second kappa shape index (κ2) is 13.2. The number of aryl methyl sites for hydroxylation is 3. The van der Waals surface area contributed by atoms with Crippen LogP contribution in [-0.4, -0.2) is 41.2 Å². The van der Waals surface area contributed by atoms with Gasteiger partial charge in [0.1, 0.15) is 23.0 Å². The first-order chi connectivity index (χ1) is 23.3. The van der Waals surface area contributed by atoms with Gasteiger partial charge in [-0.25, -0.2) is 14.4 Å². The van der Waals surface area contributed by atoms with E-state index in [2.05, 4.69) is 20.0 Å². The summed E-state index contributed by atoms with van der Waals surface area (Å²) in [5.74, 6) is -0.409. The van der Waals surface area contributed by atoms with Gasteiger partial charge < -0.3 is 9.73 Å². The van der Waals surface area contributed by atoms with Crippen LogP contribution >= 0.6 is 0 Å². The van der Waals surface area contributed by atoms with Crippen LogP contribution in [0.2, 0.25) is 0 Å². The highest BCUT2D eigenvalue weighted by Gasteiger charge is 2.53. The Hall–Kier alpha value is -4.90. The first-order valence-corrected chi connectivity index (χ1v) is 16.1. The number of fused-ring (bicyclic) bond motifs is 1. The number of ketones is 1. The molecule has 5 aromatic rings. The third kappa shape index (κ3) is 6.72. The molecule has 254 valence electrons. The fraction of sp³-hybridized carbons (Fsp3) is 0.316. The molecule has 2 aromatic heterocycles. The second-order valence-electron chi connectivity index (χ2n) is 12.7. The summed E-state index contributed by atoms with van der Waals surface area (Å²) in [6.07, 6.45) is -1.56. The number of ether oxygens (including phenoxy) is 1. The van der Waals surface area contributed by atoms with Gasteiger partial charge in [-0.15, -0.1) is 13.2 Å². The number of carbonyl (C=O) groups is 2. The van der Waals surface area contributed by atoms with E-state index >= 15 is 0 Å². The van der Waals surface area contributed by atoms with E-state index < -0.39 is 23.7 Å². The van der Waals surface area contributed by atoms with Crippen molar-refractivity contribution in [2.45, 2.75) is 70.8 Å². The number of aromatic nitrogens is 2. The minimum Gasteiger partial charge on any atom is -0.455 e. The molecule has 2 heterocycles. The summed E-state index contributed by atoms with van der Waals surface area (Å²) in [5, 5.41) is 3.25. The predicted octanol–water partition coefficient (Wildman–Crippen LogP) is 8.83. The summed E-state index contributed by atoms with van der Waals surface area (Å²) in [7, 11) is 1.52. The largest absolute Gasteiger partial charge is 0.522 e. The highest BCUT2D eigenvalue weighted by molar-refractivity contribution is 6.12. The molecule has 1 amide bonds. The number of hydrogen-bond acceptors (Lipinski definition) is 6. The molecule has 0 aliphatic heterocycles. The zero-order valence-electron chi connectivity index (χ0n) is 27.5. The maximum absolute atomic E-state index is 14.1. The van der Waals surface area contributed by atoms with Crippen LogP contribution in [0.3, 0.4) is 0 Å². The van der Waals surface area contributed by atoms with Crippen molar-refractivity contribution in [3.8, 4) is 22.5 Å². The van der Waals surface area contributed by atoms with Crippen molar-refractivity contribution < 1.29 is 36.3 Å². The van der Waals surface area contributed by atoms with Gasteiger partial charge >= 0.3 is 6.36 Å². The summed E-state index contributed by atoms with van der Waals surface area (Å²) in [6.45, 7) is 5.82. The summed E-state index contributed by atoms with van der Waals surface area (Å²) in [5.41, 5.74) is 4.95. The number of rotatable bonds is 10. The van der Waals surface area contributed by atoms with Crippen molar-refractivity contribution in [1.82, 2.24) is 15.3 Å². The highest BCUT2D eigenvalue weighted by atomic mass is 19.4. The van der Waals surface area contributed by atoms with E-state index in [-0.39, 0.29) is 31.0 Å². The van der Waals surface area contributed by atoms with Gasteiger partial charge in [-0.05, 0) is 109 Å². The van der Waals surface area contributed by atoms with Gasteiger partial charge in [0.2, 0.25) is 0 Å². The molecule has 1 fully saturated rings. The predicted molar refractivity (Wildman–Crippen MR) is 177 cm³/mol. The maximum atomic E-state index is 14.1. The molecule has 6 rings (SSSR count). The van der Waals surface area contributed by atoms with Crippen LogP contribution in [0.15, 0.2) is 71.4 Å². The fourth-order valence-electron chi connectivity index (χ4n) is 6.98. The van der Waals surface area contributed by atoms with E-state index in [9.17, 15) is 27.2 Å². The van der Waals surface area contributed by atoms with E-state index in [1.54, 1.807) is 18.2 Å². The lowest BCUT2D eigenvalue weighted by Gasteiger charge is -2.45. The Morgan fingerprint density at radius 1 is 1.00 bits per heavy atom. The molecule has 1 aliphatic carbocycles. The first-order valence-electron chi connectivity index (χ1n) is 16.1. The van der Waals surface area contributed by atoms with Crippen molar-refractivity contribution in [2.75, 3.05) is 7.05 Å². The van der Waals surface area contributed by atoms with E-state index in [1.807, 2.05) is 45.0 Å². The van der Waals surface area contributed by atoms with Crippen LogP contribution in [-0.2, 0) is 16.6 Å². The molecule has 0 atom stereocenters. The lowest BCUT2D eigenvalue weighted by atomic mass is 9.62. The van der Waals surface area contributed by atoms with Crippen LogP contribution in [0.4, 0.5) is 17.6 Å². The van der Waals surface area contributed by atoms with E-state index in [0.717, 1.165) is 34.2 Å². The summed E-state index contributed by atoms with van der Waals surface area (Å²) < 4.78 is 63.4. The highest BCUT2D eigenvalue weighted by Crippen LogP contribution is 2.49. The number of hydrogen-bond donors (Lipinski definition) is 1. The number of furan rings is 1. The Morgan fingerprint density at radius 3 is 2.33 bits per heavy atom. The van der Waals surface area contributed by atoms with E-state index in [4.69, 9.17) is 4.42 Å². The standard InChI is InChI=1S/C38H35F4N3O4/c1-5-7-24-15-32-30(33(35(47)43-4)34(48-32)23-8-10-25(39)11-9-23)17-29(24)27-16-28(22(3)14-21(27)2)31(46)20-37(36-44-12-6-13-45-36)18-26(19-37)49-38(40,41)42/h6,8-17,26H,5,7,18-20H2,1-4H3,(H,43,47). The normalized spacial score (nSPS) is 17.6. The third-order valence-electron chi connectivity index (χ3n) is 9.23. The van der Waals surface area contributed by atoms with Gasteiger partial charge in [-0.3, -0.25) is 14.3 Å². The molecule has 1 N–H and O–H groups in total. The van der Waals surface area contributed by atoms with Crippen molar-refractivity contribution >= 4 is 22.7 Å². The van der Waals surface area contributed by atoms with Gasteiger partial charge in [0.15, 0.2) is 5.78 Å². The van der Waals surface area contributed by atoms with Gasteiger partial charge in [0.25, 0.3) is 5.91 Å². The van der Waals surface area contributed by atoms with Crippen LogP contribution < -0.4 is 5.32 Å². The Bertz CT molecular complexity index is 2030. The average Bonchev–Trinajstić information content (AvgIpc) is 3.41. The molecule has 11 heteroatoms. The number of amides is 1. The van der Waals surface area contributed by atoms with Crippen LogP contribution in [0.25, 0.3) is 33.4 Å². The quantitative estimate of drug-likeness (QED) is 0.118. The fourth-order valence-corrected chi connectivity index (χ4v) is 6.98. The molecule has 0 bridgehead atoms. The molecule has 49 heavy (non-hydrogen) atoms. The van der Waals surface area contributed by atoms with E-state index in [1.165, 1.54) is 31.6 Å². The Labute approximate surface area is 280 Å². The van der Waals surface area contributed by atoms with Gasteiger partial charge in [-0.2, -0.15) is 0 Å². The summed E-state index contributed by atoms with van der Waals surface area (Å²) >= 11 is 0. The topological polar surface area (TPSA) is 94.3 Å². The number of Topliss-reactive ketones (excluding diaryl/α,β-unsaturated/α-hetero) is 1. The third-order valence-corrected chi connectivity index (χ3v) is 9.23. The number of carbonyl (C=O) groups excluding carboxylic acids is 2. The molecule has 0 spiro atoms. The lowest BCUT2D eigenvalue weighted by molar-refractivity contribution is -0.355. The van der Waals surface area contributed by atoms with Crippen molar-refractivity contribution in [3.63, 3.8) is 0 Å². The van der Waals surface area contributed by atoms with Crippen molar-refractivity contribution in [3.05, 3.63) is 106 Å². The summed E-state index contributed by atoms with van der Waals surface area (Å²) in [4.78, 5) is 36.0. The number of alkyl halides is 3. The van der Waals surface area contributed by atoms with Crippen LogP contribution in [0, 0.1) is 19.7 Å². The monoisotopic (exact) mass is 673 g/mol. The van der Waals surface area contributed by atoms with Gasteiger partial charge in [0.05, 0.1) is 11.7 Å². The SMILES string of the molecule is CCCc1cc2oc(-c3ccc(F)cc3)c(C(=O)NC)c2cc1-c1cc(C(=O)CC2(c3ncccn3)CC(OC(F)(F)F)C2)c(C)cc1C.